The molecule has 2 heterocycles. The number of furan rings is 1. The van der Waals surface area contributed by atoms with Crippen molar-refractivity contribution in [3.63, 3.8) is 0 Å². The maximum atomic E-state index is 13.6. The highest BCUT2D eigenvalue weighted by Gasteiger charge is 2.26. The van der Waals surface area contributed by atoms with Crippen LogP contribution in [0.25, 0.3) is 5.88 Å². The number of aromatic nitrogens is 1. The molecule has 0 bridgehead atoms. The molecule has 0 aliphatic heterocycles. The van der Waals surface area contributed by atoms with Gasteiger partial charge in [-0.3, -0.25) is 9.36 Å². The summed E-state index contributed by atoms with van der Waals surface area (Å²) in [5.74, 6) is -1.88. The zero-order valence-corrected chi connectivity index (χ0v) is 13.7. The second-order valence-electron chi connectivity index (χ2n) is 5.39. The fourth-order valence-corrected chi connectivity index (χ4v) is 2.50. The molecule has 3 rings (SSSR count). The zero-order chi connectivity index (χ0) is 18.7. The minimum atomic E-state index is -0.883. The molecule has 3 aromatic rings. The largest absolute Gasteiger partial charge is 0.454 e. The maximum Gasteiger partial charge on any atom is 0.343 e. The van der Waals surface area contributed by atoms with Crippen molar-refractivity contribution < 1.29 is 23.1 Å². The first-order chi connectivity index (χ1) is 12.5. The average molecular weight is 352 g/mol. The van der Waals surface area contributed by atoms with Crippen molar-refractivity contribution in [1.82, 2.24) is 4.57 Å². The van der Waals surface area contributed by atoms with Crippen molar-refractivity contribution in [3.8, 4) is 12.0 Å². The van der Waals surface area contributed by atoms with Gasteiger partial charge >= 0.3 is 5.97 Å². The summed E-state index contributed by atoms with van der Waals surface area (Å²) >= 11 is 0. The minimum Gasteiger partial charge on any atom is -0.454 e. The van der Waals surface area contributed by atoms with Crippen molar-refractivity contribution in [3.05, 3.63) is 77.1 Å². The Morgan fingerprint density at radius 1 is 1.23 bits per heavy atom. The van der Waals surface area contributed by atoms with E-state index in [4.69, 9.17) is 9.15 Å². The van der Waals surface area contributed by atoms with E-state index in [1.54, 1.807) is 29.1 Å². The lowest BCUT2D eigenvalue weighted by molar-refractivity contribution is 0.0471. The van der Waals surface area contributed by atoms with Crippen LogP contribution < -0.4 is 0 Å². The number of ketones is 1. The van der Waals surface area contributed by atoms with Crippen LogP contribution in [0, 0.1) is 24.1 Å². The van der Waals surface area contributed by atoms with Gasteiger partial charge in [0.1, 0.15) is 28.8 Å². The number of carbonyl (C=O) groups excluding carboxylic acids is 2. The molecule has 0 fully saturated rings. The van der Waals surface area contributed by atoms with Crippen LogP contribution in [0.2, 0.25) is 0 Å². The number of rotatable bonds is 5. The van der Waals surface area contributed by atoms with E-state index < -0.39 is 24.2 Å². The number of nitrogens with zero attached hydrogens (tertiary/aromatic N) is 2. The Balaban J connectivity index is 1.82. The molecule has 0 radical (unpaired) electrons. The number of benzene rings is 1. The van der Waals surface area contributed by atoms with Crippen molar-refractivity contribution in [2.45, 2.75) is 6.92 Å². The lowest BCUT2D eigenvalue weighted by Gasteiger charge is -2.05. The van der Waals surface area contributed by atoms with Gasteiger partial charge in [-0.2, -0.15) is 5.26 Å². The second-order valence-corrected chi connectivity index (χ2v) is 5.39. The number of carbonyl (C=O) groups is 2. The van der Waals surface area contributed by atoms with E-state index in [0.29, 0.717) is 0 Å². The second kappa shape index (κ2) is 7.07. The fourth-order valence-electron chi connectivity index (χ4n) is 2.50. The number of hydrogen-bond acceptors (Lipinski definition) is 5. The SMILES string of the molecule is Cc1oc(-n2cccc2)c(C#N)c1C(=O)OCC(=O)c1ccccc1F. The predicted octanol–water partition coefficient (Wildman–Crippen LogP) is 3.43. The van der Waals surface area contributed by atoms with Crippen LogP contribution in [-0.4, -0.2) is 22.9 Å². The molecular weight excluding hydrogens is 339 g/mol. The third-order valence-electron chi connectivity index (χ3n) is 3.73. The summed E-state index contributed by atoms with van der Waals surface area (Å²) in [6.45, 7) is 0.872. The van der Waals surface area contributed by atoms with Crippen molar-refractivity contribution in [2.75, 3.05) is 6.61 Å². The molecule has 0 saturated carbocycles. The number of aryl methyl sites for hydroxylation is 1. The summed E-state index contributed by atoms with van der Waals surface area (Å²) in [5, 5.41) is 9.40. The third-order valence-corrected chi connectivity index (χ3v) is 3.73. The van der Waals surface area contributed by atoms with Crippen molar-refractivity contribution in [2.24, 2.45) is 0 Å². The Labute approximate surface area is 148 Å². The molecule has 0 unspecified atom stereocenters. The van der Waals surface area contributed by atoms with E-state index in [1.165, 1.54) is 25.1 Å². The van der Waals surface area contributed by atoms with Gasteiger partial charge in [0.25, 0.3) is 0 Å². The highest BCUT2D eigenvalue weighted by atomic mass is 19.1. The normalized spacial score (nSPS) is 10.3. The lowest BCUT2D eigenvalue weighted by Crippen LogP contribution is -2.16. The first kappa shape index (κ1) is 17.2. The van der Waals surface area contributed by atoms with Crippen LogP contribution >= 0.6 is 0 Å². The summed E-state index contributed by atoms with van der Waals surface area (Å²) in [7, 11) is 0. The van der Waals surface area contributed by atoms with Gasteiger partial charge < -0.3 is 9.15 Å². The number of nitriles is 1. The van der Waals surface area contributed by atoms with E-state index >= 15 is 0 Å². The van der Waals surface area contributed by atoms with Crippen molar-refractivity contribution >= 4 is 11.8 Å². The molecule has 7 heteroatoms. The van der Waals surface area contributed by atoms with Crippen LogP contribution in [0.15, 0.2) is 53.2 Å². The maximum absolute atomic E-state index is 13.6. The molecule has 130 valence electrons. The van der Waals surface area contributed by atoms with E-state index in [-0.39, 0.29) is 28.3 Å². The van der Waals surface area contributed by atoms with E-state index in [1.807, 2.05) is 6.07 Å². The van der Waals surface area contributed by atoms with E-state index in [2.05, 4.69) is 0 Å². The molecule has 1 aromatic carbocycles. The molecule has 0 spiro atoms. The van der Waals surface area contributed by atoms with Crippen LogP contribution in [0.5, 0.6) is 0 Å². The molecule has 6 nitrogen and oxygen atoms in total. The molecule has 0 aliphatic carbocycles. The Hall–Kier alpha value is -3.66. The summed E-state index contributed by atoms with van der Waals surface area (Å²) in [4.78, 5) is 24.4. The topological polar surface area (TPSA) is 85.2 Å². The smallest absolute Gasteiger partial charge is 0.343 e. The Bertz CT molecular complexity index is 1010. The molecule has 26 heavy (non-hydrogen) atoms. The number of ether oxygens (including phenoxy) is 1. The van der Waals surface area contributed by atoms with E-state index in [9.17, 15) is 19.2 Å². The van der Waals surface area contributed by atoms with Gasteiger partial charge in [-0.25, -0.2) is 9.18 Å². The van der Waals surface area contributed by atoms with Gasteiger partial charge in [0.05, 0.1) is 5.56 Å². The molecule has 0 atom stereocenters. The van der Waals surface area contributed by atoms with Gasteiger partial charge in [-0.05, 0) is 31.2 Å². The van der Waals surface area contributed by atoms with Gasteiger partial charge in [0.2, 0.25) is 11.7 Å². The van der Waals surface area contributed by atoms with Crippen LogP contribution in [0.4, 0.5) is 4.39 Å². The quantitative estimate of drug-likeness (QED) is 0.519. The minimum absolute atomic E-state index is 0.00189. The standard InChI is InChI=1S/C19H13FN2O4/c1-12-17(14(10-21)18(26-12)22-8-4-5-9-22)19(24)25-11-16(23)13-6-2-3-7-15(13)20/h2-9H,11H2,1H3. The fraction of sp³-hybridized carbons (Fsp3) is 0.105. The molecule has 0 saturated heterocycles. The number of halogens is 1. The summed E-state index contributed by atoms with van der Waals surface area (Å²) in [6.07, 6.45) is 3.33. The Morgan fingerprint density at radius 3 is 2.58 bits per heavy atom. The molecule has 0 N–H and O–H groups in total. The van der Waals surface area contributed by atoms with Crippen molar-refractivity contribution in [1.29, 1.82) is 5.26 Å². The van der Waals surface area contributed by atoms with Gasteiger partial charge in [0, 0.05) is 12.4 Å². The first-order valence-electron chi connectivity index (χ1n) is 7.64. The van der Waals surface area contributed by atoms with Crippen LogP contribution in [-0.2, 0) is 4.74 Å². The van der Waals surface area contributed by atoms with E-state index in [0.717, 1.165) is 6.07 Å². The third kappa shape index (κ3) is 3.13. The van der Waals surface area contributed by atoms with Gasteiger partial charge in [0.15, 0.2) is 6.61 Å². The van der Waals surface area contributed by atoms with Crippen LogP contribution in [0.3, 0.4) is 0 Å². The average Bonchev–Trinajstić information content (AvgIpc) is 3.27. The summed E-state index contributed by atoms with van der Waals surface area (Å²) in [6, 6.07) is 10.8. The van der Waals surface area contributed by atoms with Crippen LogP contribution in [0.1, 0.15) is 32.0 Å². The lowest BCUT2D eigenvalue weighted by atomic mass is 10.1. The number of hydrogen-bond donors (Lipinski definition) is 0. The molecular formula is C19H13FN2O4. The first-order valence-corrected chi connectivity index (χ1v) is 7.64. The summed E-state index contributed by atoms with van der Waals surface area (Å²) < 4.78 is 25.6. The highest BCUT2D eigenvalue weighted by Crippen LogP contribution is 2.26. The Morgan fingerprint density at radius 2 is 1.92 bits per heavy atom. The predicted molar refractivity (Wildman–Crippen MR) is 88.5 cm³/mol. The molecule has 0 amide bonds. The van der Waals surface area contributed by atoms with Gasteiger partial charge in [-0.15, -0.1) is 0 Å². The summed E-state index contributed by atoms with van der Waals surface area (Å²) in [5.41, 5.74) is -0.225. The molecule has 0 aliphatic rings. The number of esters is 1. The highest BCUT2D eigenvalue weighted by molar-refractivity contribution is 6.00. The van der Waals surface area contributed by atoms with Gasteiger partial charge in [-0.1, -0.05) is 12.1 Å². The monoisotopic (exact) mass is 352 g/mol. The zero-order valence-electron chi connectivity index (χ0n) is 13.7. The molecule has 2 aromatic heterocycles. The number of Topliss-reactive ketones (excluding diaryl/α,β-unsaturated/α-hetero) is 1. The Kier molecular flexibility index (Phi) is 4.67.